The highest BCUT2D eigenvalue weighted by molar-refractivity contribution is 5.88. The first kappa shape index (κ1) is 13.4. The van der Waals surface area contributed by atoms with Gasteiger partial charge in [0.05, 0.1) is 12.1 Å². The number of halogens is 1. The van der Waals surface area contributed by atoms with Crippen molar-refractivity contribution in [3.63, 3.8) is 0 Å². The molecule has 0 saturated heterocycles. The van der Waals surface area contributed by atoms with Crippen LogP contribution in [0.4, 0.5) is 10.2 Å². The molecule has 1 aromatic rings. The van der Waals surface area contributed by atoms with E-state index in [9.17, 15) is 14.3 Å². The molecule has 0 aliphatic rings. The Bertz CT molecular complexity index is 419. The van der Waals surface area contributed by atoms with E-state index in [4.69, 9.17) is 5.11 Å². The average Bonchev–Trinajstić information content (AvgIpc) is 2.31. The normalized spacial score (nSPS) is 14.1. The summed E-state index contributed by atoms with van der Waals surface area (Å²) in [5.74, 6) is -2.44. The lowest BCUT2D eigenvalue weighted by molar-refractivity contribution is 0.0691. The first-order valence-electron chi connectivity index (χ1n) is 5.20. The van der Waals surface area contributed by atoms with E-state index in [1.165, 1.54) is 6.20 Å². The van der Waals surface area contributed by atoms with Crippen molar-refractivity contribution in [2.45, 2.75) is 25.8 Å². The maximum absolute atomic E-state index is 13.7. The van der Waals surface area contributed by atoms with Gasteiger partial charge >= 0.3 is 5.97 Å². The molecule has 1 rings (SSSR count). The van der Waals surface area contributed by atoms with Crippen LogP contribution in [0.15, 0.2) is 12.3 Å². The van der Waals surface area contributed by atoms with Gasteiger partial charge in [-0.1, -0.05) is 6.92 Å². The summed E-state index contributed by atoms with van der Waals surface area (Å²) >= 11 is 0. The molecule has 5 nitrogen and oxygen atoms in total. The maximum Gasteiger partial charge on any atom is 0.338 e. The summed E-state index contributed by atoms with van der Waals surface area (Å²) in [5.41, 5.74) is -1.18. The lowest BCUT2D eigenvalue weighted by Gasteiger charge is -2.28. The van der Waals surface area contributed by atoms with Crippen LogP contribution in [0.5, 0.6) is 0 Å². The Morgan fingerprint density at radius 1 is 1.65 bits per heavy atom. The zero-order valence-electron chi connectivity index (χ0n) is 9.70. The van der Waals surface area contributed by atoms with Crippen LogP contribution in [0.1, 0.15) is 30.6 Å². The third kappa shape index (κ3) is 2.91. The van der Waals surface area contributed by atoms with E-state index in [2.05, 4.69) is 10.3 Å². The van der Waals surface area contributed by atoms with Crippen molar-refractivity contribution in [2.75, 3.05) is 11.9 Å². The molecule has 1 heterocycles. The third-order valence-corrected chi connectivity index (χ3v) is 2.67. The van der Waals surface area contributed by atoms with Gasteiger partial charge in [0, 0.05) is 6.20 Å². The quantitative estimate of drug-likeness (QED) is 0.728. The number of hydrogen-bond donors (Lipinski definition) is 3. The van der Waals surface area contributed by atoms with Crippen LogP contribution >= 0.6 is 0 Å². The summed E-state index contributed by atoms with van der Waals surface area (Å²) in [7, 11) is 0. The van der Waals surface area contributed by atoms with E-state index >= 15 is 0 Å². The minimum absolute atomic E-state index is 0.164. The zero-order chi connectivity index (χ0) is 13.1. The monoisotopic (exact) mass is 242 g/mol. The molecule has 1 atom stereocenters. The van der Waals surface area contributed by atoms with Crippen LogP contribution in [-0.4, -0.2) is 33.3 Å². The van der Waals surface area contributed by atoms with Gasteiger partial charge in [-0.3, -0.25) is 0 Å². The van der Waals surface area contributed by atoms with Crippen LogP contribution in [0.3, 0.4) is 0 Å². The fraction of sp³-hybridized carbons (Fsp3) is 0.455. The molecule has 0 fully saturated rings. The highest BCUT2D eigenvalue weighted by Crippen LogP contribution is 2.21. The summed E-state index contributed by atoms with van der Waals surface area (Å²) in [5, 5.41) is 20.7. The molecule has 0 aromatic carbocycles. The van der Waals surface area contributed by atoms with Crippen molar-refractivity contribution >= 4 is 11.8 Å². The Morgan fingerprint density at radius 3 is 2.76 bits per heavy atom. The molecule has 0 aliphatic carbocycles. The van der Waals surface area contributed by atoms with E-state index in [1.807, 2.05) is 6.92 Å². The molecule has 0 radical (unpaired) electrons. The number of carboxylic acids is 1. The predicted molar refractivity (Wildman–Crippen MR) is 60.6 cm³/mol. The van der Waals surface area contributed by atoms with Gasteiger partial charge in [0.15, 0.2) is 11.6 Å². The van der Waals surface area contributed by atoms with Crippen molar-refractivity contribution in [3.05, 3.63) is 23.6 Å². The topological polar surface area (TPSA) is 82.5 Å². The number of rotatable bonds is 5. The molecule has 0 saturated carbocycles. The van der Waals surface area contributed by atoms with Gasteiger partial charge in [-0.05, 0) is 19.4 Å². The van der Waals surface area contributed by atoms with Gasteiger partial charge in [-0.2, -0.15) is 0 Å². The van der Waals surface area contributed by atoms with E-state index in [-0.39, 0.29) is 12.4 Å². The molecule has 0 bridgehead atoms. The lowest BCUT2D eigenvalue weighted by Crippen LogP contribution is -2.38. The number of anilines is 1. The van der Waals surface area contributed by atoms with Crippen molar-refractivity contribution < 1.29 is 19.4 Å². The number of carbonyl (C=O) groups is 1. The van der Waals surface area contributed by atoms with Crippen LogP contribution in [0.2, 0.25) is 0 Å². The molecule has 3 N–H and O–H groups in total. The van der Waals surface area contributed by atoms with Gasteiger partial charge in [-0.15, -0.1) is 0 Å². The highest BCUT2D eigenvalue weighted by Gasteiger charge is 2.24. The van der Waals surface area contributed by atoms with E-state index < -0.39 is 22.9 Å². The fourth-order valence-corrected chi connectivity index (χ4v) is 1.22. The second-order valence-corrected chi connectivity index (χ2v) is 4.02. The summed E-state index contributed by atoms with van der Waals surface area (Å²) < 4.78 is 13.7. The second-order valence-electron chi connectivity index (χ2n) is 4.02. The molecule has 17 heavy (non-hydrogen) atoms. The minimum Gasteiger partial charge on any atom is -0.478 e. The summed E-state index contributed by atoms with van der Waals surface area (Å²) in [4.78, 5) is 14.5. The standard InChI is InChI=1S/C11H15FN2O3/c1-3-11(2,6-15)14-9-8(12)7(10(16)17)4-5-13-9/h4-5,15H,3,6H2,1-2H3,(H,13,14)(H,16,17). The van der Waals surface area contributed by atoms with Crippen LogP contribution in [0.25, 0.3) is 0 Å². The number of aliphatic hydroxyl groups excluding tert-OH is 1. The van der Waals surface area contributed by atoms with Crippen LogP contribution in [-0.2, 0) is 0 Å². The number of aromatic nitrogens is 1. The number of pyridine rings is 1. The Balaban J connectivity index is 3.08. The maximum atomic E-state index is 13.7. The number of aliphatic hydroxyl groups is 1. The Kier molecular flexibility index (Phi) is 4.01. The Hall–Kier alpha value is -1.69. The second kappa shape index (κ2) is 5.09. The molecule has 94 valence electrons. The highest BCUT2D eigenvalue weighted by atomic mass is 19.1. The molecule has 0 amide bonds. The molecule has 0 aliphatic heterocycles. The zero-order valence-corrected chi connectivity index (χ0v) is 9.70. The SMILES string of the molecule is CCC(C)(CO)Nc1nccc(C(=O)O)c1F. The summed E-state index contributed by atoms with van der Waals surface area (Å²) in [6.07, 6.45) is 1.75. The van der Waals surface area contributed by atoms with Crippen LogP contribution < -0.4 is 5.32 Å². The first-order valence-corrected chi connectivity index (χ1v) is 5.20. The van der Waals surface area contributed by atoms with Crippen LogP contribution in [0, 0.1) is 5.82 Å². The number of nitrogens with one attached hydrogen (secondary N) is 1. The molecule has 1 aromatic heterocycles. The fourth-order valence-electron chi connectivity index (χ4n) is 1.22. The van der Waals surface area contributed by atoms with E-state index in [1.54, 1.807) is 6.92 Å². The third-order valence-electron chi connectivity index (χ3n) is 2.67. The van der Waals surface area contributed by atoms with Crippen molar-refractivity contribution in [1.82, 2.24) is 4.98 Å². The van der Waals surface area contributed by atoms with E-state index in [0.717, 1.165) is 6.07 Å². The molecule has 0 spiro atoms. The van der Waals surface area contributed by atoms with Gasteiger partial charge < -0.3 is 15.5 Å². The molecule has 6 heteroatoms. The minimum atomic E-state index is -1.35. The number of carboxylic acid groups (broad SMARTS) is 1. The van der Waals surface area contributed by atoms with Gasteiger partial charge in [-0.25, -0.2) is 14.2 Å². The van der Waals surface area contributed by atoms with Gasteiger partial charge in [0.2, 0.25) is 0 Å². The average molecular weight is 242 g/mol. The summed E-state index contributed by atoms with van der Waals surface area (Å²) in [6, 6.07) is 1.09. The lowest BCUT2D eigenvalue weighted by atomic mass is 10.0. The number of nitrogens with zero attached hydrogens (tertiary/aromatic N) is 1. The van der Waals surface area contributed by atoms with Gasteiger partial charge in [0.1, 0.15) is 5.56 Å². The Morgan fingerprint density at radius 2 is 2.29 bits per heavy atom. The van der Waals surface area contributed by atoms with Gasteiger partial charge in [0.25, 0.3) is 0 Å². The molecular weight excluding hydrogens is 227 g/mol. The smallest absolute Gasteiger partial charge is 0.338 e. The molecule has 1 unspecified atom stereocenters. The number of aromatic carboxylic acids is 1. The van der Waals surface area contributed by atoms with Crippen molar-refractivity contribution in [3.8, 4) is 0 Å². The Labute approximate surface area is 98.3 Å². The largest absolute Gasteiger partial charge is 0.478 e. The summed E-state index contributed by atoms with van der Waals surface area (Å²) in [6.45, 7) is 3.31. The van der Waals surface area contributed by atoms with Crippen molar-refractivity contribution in [2.24, 2.45) is 0 Å². The predicted octanol–water partition coefficient (Wildman–Crippen LogP) is 1.49. The number of hydrogen-bond acceptors (Lipinski definition) is 4. The van der Waals surface area contributed by atoms with E-state index in [0.29, 0.717) is 6.42 Å². The molecular formula is C11H15FN2O3. The van der Waals surface area contributed by atoms with Crippen molar-refractivity contribution in [1.29, 1.82) is 0 Å². The first-order chi connectivity index (χ1) is 7.93.